The van der Waals surface area contributed by atoms with Crippen molar-refractivity contribution in [2.45, 2.75) is 76.2 Å². The van der Waals surface area contributed by atoms with Gasteiger partial charge in [0.2, 0.25) is 11.8 Å². The molecular formula is C17H27N3O2. The van der Waals surface area contributed by atoms with E-state index < -0.39 is 5.54 Å². The van der Waals surface area contributed by atoms with E-state index in [1.807, 2.05) is 0 Å². The van der Waals surface area contributed by atoms with Crippen molar-refractivity contribution in [3.05, 3.63) is 0 Å². The highest BCUT2D eigenvalue weighted by Crippen LogP contribution is 2.26. The van der Waals surface area contributed by atoms with Gasteiger partial charge < -0.3 is 10.2 Å². The molecule has 5 nitrogen and oxygen atoms in total. The molecule has 2 aliphatic rings. The molecule has 1 aliphatic heterocycles. The molecule has 0 radical (unpaired) electrons. The van der Waals surface area contributed by atoms with Crippen molar-refractivity contribution in [2.75, 3.05) is 13.1 Å². The molecule has 1 saturated carbocycles. The minimum atomic E-state index is -0.723. The number of hydrogen-bond donors (Lipinski definition) is 1. The minimum absolute atomic E-state index is 0.0710. The number of amides is 2. The Hall–Kier alpha value is -1.57. The Bertz CT molecular complexity index is 434. The zero-order valence-electron chi connectivity index (χ0n) is 13.4. The summed E-state index contributed by atoms with van der Waals surface area (Å²) in [5.41, 5.74) is -0.723. The molecule has 1 N–H and O–H groups in total. The normalized spacial score (nSPS) is 22.9. The van der Waals surface area contributed by atoms with Gasteiger partial charge in [-0.2, -0.15) is 5.26 Å². The van der Waals surface area contributed by atoms with Gasteiger partial charge in [0.1, 0.15) is 5.54 Å². The Balaban J connectivity index is 1.92. The molecule has 0 bridgehead atoms. The molecule has 2 fully saturated rings. The highest BCUT2D eigenvalue weighted by atomic mass is 16.2. The second kappa shape index (κ2) is 8.17. The SMILES string of the molecule is N#CC1(NC(=O)CN2CCCCCCC2=O)CCCCCC1. The van der Waals surface area contributed by atoms with Crippen LogP contribution in [0.15, 0.2) is 0 Å². The third-order valence-electron chi connectivity index (χ3n) is 4.81. The second-order valence-corrected chi connectivity index (χ2v) is 6.64. The van der Waals surface area contributed by atoms with Crippen LogP contribution in [0.2, 0.25) is 0 Å². The molecule has 5 heteroatoms. The van der Waals surface area contributed by atoms with Crippen LogP contribution in [0.1, 0.15) is 70.6 Å². The predicted molar refractivity (Wildman–Crippen MR) is 83.9 cm³/mol. The first kappa shape index (κ1) is 16.8. The van der Waals surface area contributed by atoms with Crippen LogP contribution in [0.4, 0.5) is 0 Å². The van der Waals surface area contributed by atoms with Crippen LogP contribution >= 0.6 is 0 Å². The van der Waals surface area contributed by atoms with Crippen molar-refractivity contribution < 1.29 is 9.59 Å². The third-order valence-corrected chi connectivity index (χ3v) is 4.81. The molecule has 2 rings (SSSR count). The van der Waals surface area contributed by atoms with Gasteiger partial charge in [-0.25, -0.2) is 0 Å². The number of rotatable bonds is 3. The molecule has 122 valence electrons. The van der Waals surface area contributed by atoms with Crippen LogP contribution in [-0.4, -0.2) is 35.3 Å². The molecule has 0 aromatic carbocycles. The Morgan fingerprint density at radius 1 is 1.09 bits per heavy atom. The summed E-state index contributed by atoms with van der Waals surface area (Å²) in [5, 5.41) is 12.4. The Morgan fingerprint density at radius 3 is 2.41 bits per heavy atom. The maximum absolute atomic E-state index is 12.3. The van der Waals surface area contributed by atoms with Crippen LogP contribution in [-0.2, 0) is 9.59 Å². The van der Waals surface area contributed by atoms with Gasteiger partial charge in [0.05, 0.1) is 12.6 Å². The quantitative estimate of drug-likeness (QED) is 0.814. The maximum atomic E-state index is 12.3. The van der Waals surface area contributed by atoms with Crippen molar-refractivity contribution >= 4 is 11.8 Å². The van der Waals surface area contributed by atoms with Crippen LogP contribution in [0.25, 0.3) is 0 Å². The van der Waals surface area contributed by atoms with E-state index in [0.29, 0.717) is 13.0 Å². The van der Waals surface area contributed by atoms with Crippen LogP contribution < -0.4 is 5.32 Å². The molecule has 0 atom stereocenters. The summed E-state index contributed by atoms with van der Waals surface area (Å²) in [6, 6.07) is 2.32. The molecule has 0 spiro atoms. The molecule has 1 saturated heterocycles. The van der Waals surface area contributed by atoms with Gasteiger partial charge in [0, 0.05) is 13.0 Å². The molecule has 2 amide bonds. The standard InChI is InChI=1S/C17H27N3O2/c18-14-17(10-6-2-3-7-11-17)19-15(21)13-20-12-8-4-1-5-9-16(20)22/h1-13H2,(H,19,21). The third kappa shape index (κ3) is 4.72. The largest absolute Gasteiger partial charge is 0.336 e. The van der Waals surface area contributed by atoms with E-state index in [2.05, 4.69) is 11.4 Å². The summed E-state index contributed by atoms with van der Waals surface area (Å²) in [5.74, 6) is -0.112. The van der Waals surface area contributed by atoms with Gasteiger partial charge in [-0.15, -0.1) is 0 Å². The van der Waals surface area contributed by atoms with Gasteiger partial charge in [0.15, 0.2) is 0 Å². The predicted octanol–water partition coefficient (Wildman–Crippen LogP) is 2.51. The number of nitrogens with zero attached hydrogens (tertiary/aromatic N) is 2. The van der Waals surface area contributed by atoms with Crippen molar-refractivity contribution in [2.24, 2.45) is 0 Å². The molecule has 1 heterocycles. The molecule has 0 unspecified atom stereocenters. The number of hydrogen-bond acceptors (Lipinski definition) is 3. The smallest absolute Gasteiger partial charge is 0.240 e. The first-order valence-corrected chi connectivity index (χ1v) is 8.65. The first-order chi connectivity index (χ1) is 10.7. The average Bonchev–Trinajstić information content (AvgIpc) is 2.73. The summed E-state index contributed by atoms with van der Waals surface area (Å²) in [6.07, 6.45) is 10.3. The zero-order valence-corrected chi connectivity index (χ0v) is 13.4. The lowest BCUT2D eigenvalue weighted by Gasteiger charge is -2.29. The fourth-order valence-corrected chi connectivity index (χ4v) is 3.46. The van der Waals surface area contributed by atoms with E-state index in [1.54, 1.807) is 4.90 Å². The van der Waals surface area contributed by atoms with Crippen LogP contribution in [0.5, 0.6) is 0 Å². The second-order valence-electron chi connectivity index (χ2n) is 6.64. The van der Waals surface area contributed by atoms with Gasteiger partial charge >= 0.3 is 0 Å². The van der Waals surface area contributed by atoms with E-state index in [4.69, 9.17) is 0 Å². The van der Waals surface area contributed by atoms with E-state index in [9.17, 15) is 14.9 Å². The zero-order chi connectivity index (χ0) is 15.8. The molecule has 22 heavy (non-hydrogen) atoms. The molecule has 0 aromatic rings. The molecule has 1 aliphatic carbocycles. The number of carbonyl (C=O) groups is 2. The van der Waals surface area contributed by atoms with Crippen LogP contribution in [0, 0.1) is 11.3 Å². The summed E-state index contributed by atoms with van der Waals surface area (Å²) in [4.78, 5) is 26.1. The van der Waals surface area contributed by atoms with E-state index in [0.717, 1.165) is 64.2 Å². The lowest BCUT2D eigenvalue weighted by atomic mass is 9.92. The van der Waals surface area contributed by atoms with Gasteiger partial charge in [0.25, 0.3) is 0 Å². The molecule has 0 aromatic heterocycles. The lowest BCUT2D eigenvalue weighted by molar-refractivity contribution is -0.137. The number of nitrogens with one attached hydrogen (secondary N) is 1. The number of carbonyl (C=O) groups excluding carboxylic acids is 2. The van der Waals surface area contributed by atoms with Crippen molar-refractivity contribution in [3.8, 4) is 6.07 Å². The summed E-state index contributed by atoms with van der Waals surface area (Å²) < 4.78 is 0. The average molecular weight is 305 g/mol. The van der Waals surface area contributed by atoms with E-state index >= 15 is 0 Å². The Morgan fingerprint density at radius 2 is 1.73 bits per heavy atom. The van der Waals surface area contributed by atoms with Gasteiger partial charge in [-0.1, -0.05) is 38.5 Å². The summed E-state index contributed by atoms with van der Waals surface area (Å²) in [6.45, 7) is 0.758. The van der Waals surface area contributed by atoms with Crippen LogP contribution in [0.3, 0.4) is 0 Å². The topological polar surface area (TPSA) is 73.2 Å². The number of nitriles is 1. The van der Waals surface area contributed by atoms with Crippen molar-refractivity contribution in [1.29, 1.82) is 5.26 Å². The first-order valence-electron chi connectivity index (χ1n) is 8.65. The van der Waals surface area contributed by atoms with Crippen molar-refractivity contribution in [1.82, 2.24) is 10.2 Å². The summed E-state index contributed by atoms with van der Waals surface area (Å²) >= 11 is 0. The van der Waals surface area contributed by atoms with Gasteiger partial charge in [-0.3, -0.25) is 9.59 Å². The van der Waals surface area contributed by atoms with Gasteiger partial charge in [-0.05, 0) is 25.7 Å². The van der Waals surface area contributed by atoms with Crippen molar-refractivity contribution in [3.63, 3.8) is 0 Å². The highest BCUT2D eigenvalue weighted by Gasteiger charge is 2.33. The number of likely N-dealkylation sites (tertiary alicyclic amines) is 1. The Kier molecular flexibility index (Phi) is 6.23. The highest BCUT2D eigenvalue weighted by molar-refractivity contribution is 5.85. The van der Waals surface area contributed by atoms with E-state index in [1.165, 1.54) is 0 Å². The lowest BCUT2D eigenvalue weighted by Crippen LogP contribution is -2.51. The summed E-state index contributed by atoms with van der Waals surface area (Å²) in [7, 11) is 0. The fourth-order valence-electron chi connectivity index (χ4n) is 3.46. The maximum Gasteiger partial charge on any atom is 0.240 e. The minimum Gasteiger partial charge on any atom is -0.336 e. The Labute approximate surface area is 133 Å². The molecular weight excluding hydrogens is 278 g/mol. The fraction of sp³-hybridized carbons (Fsp3) is 0.824. The monoisotopic (exact) mass is 305 g/mol. The van der Waals surface area contributed by atoms with E-state index in [-0.39, 0.29) is 18.4 Å².